The number of hydrogen-bond acceptors (Lipinski definition) is 5. The summed E-state index contributed by atoms with van der Waals surface area (Å²) in [5.74, 6) is -0.883. The Morgan fingerprint density at radius 3 is 2.53 bits per heavy atom. The molecule has 4 rings (SSSR count). The Hall–Kier alpha value is -2.62. The molecule has 0 bridgehead atoms. The van der Waals surface area contributed by atoms with E-state index in [1.54, 1.807) is 35.0 Å². The predicted octanol–water partition coefficient (Wildman–Crippen LogP) is 4.81. The molecule has 1 aliphatic heterocycles. The number of amides is 2. The lowest BCUT2D eigenvalue weighted by molar-refractivity contribution is -0.123. The zero-order valence-electron chi connectivity index (χ0n) is 19.6. The van der Waals surface area contributed by atoms with Crippen LogP contribution in [0.2, 0.25) is 15.1 Å². The number of nitrogens with two attached hydrogens (primary N) is 1. The Morgan fingerprint density at radius 1 is 1.11 bits per heavy atom. The van der Waals surface area contributed by atoms with Gasteiger partial charge in [0.1, 0.15) is 6.61 Å². The number of ether oxygens (including phenoxy) is 1. The van der Waals surface area contributed by atoms with Gasteiger partial charge in [-0.3, -0.25) is 15.0 Å². The van der Waals surface area contributed by atoms with Crippen LogP contribution in [-0.4, -0.2) is 52.4 Å². The lowest BCUT2D eigenvalue weighted by atomic mass is 10.0. The number of piperidine rings is 1. The maximum atomic E-state index is 13.5. The van der Waals surface area contributed by atoms with Gasteiger partial charge in [-0.15, -0.1) is 0 Å². The normalized spacial score (nSPS) is 16.2. The maximum absolute atomic E-state index is 13.5. The van der Waals surface area contributed by atoms with Gasteiger partial charge in [-0.2, -0.15) is 5.10 Å². The van der Waals surface area contributed by atoms with Gasteiger partial charge in [0.2, 0.25) is 5.91 Å². The van der Waals surface area contributed by atoms with Crippen LogP contribution in [0.3, 0.4) is 0 Å². The Kier molecular flexibility index (Phi) is 8.54. The summed E-state index contributed by atoms with van der Waals surface area (Å²) in [6, 6.07) is 12.3. The van der Waals surface area contributed by atoms with Crippen LogP contribution in [0.4, 0.5) is 0 Å². The summed E-state index contributed by atoms with van der Waals surface area (Å²) in [7, 11) is 0. The number of primary amides is 1. The smallest absolute Gasteiger partial charge is 0.286 e. The molecule has 1 atom stereocenters. The van der Waals surface area contributed by atoms with E-state index in [4.69, 9.17) is 45.3 Å². The predicted molar refractivity (Wildman–Crippen MR) is 141 cm³/mol. The average molecular weight is 551 g/mol. The minimum Gasteiger partial charge on any atom is -0.370 e. The van der Waals surface area contributed by atoms with Crippen molar-refractivity contribution in [2.45, 2.75) is 32.2 Å². The molecular weight excluding hydrogens is 525 g/mol. The highest BCUT2D eigenvalue weighted by Crippen LogP contribution is 2.33. The van der Waals surface area contributed by atoms with Gasteiger partial charge in [0.05, 0.1) is 29.1 Å². The van der Waals surface area contributed by atoms with E-state index in [0.29, 0.717) is 38.6 Å². The molecule has 1 aliphatic rings. The van der Waals surface area contributed by atoms with E-state index in [2.05, 4.69) is 10.5 Å². The average Bonchev–Trinajstić information content (AvgIpc) is 3.17. The van der Waals surface area contributed by atoms with Crippen LogP contribution < -0.4 is 11.2 Å². The highest BCUT2D eigenvalue weighted by molar-refractivity contribution is 6.35. The first-order valence-corrected chi connectivity index (χ1v) is 12.6. The van der Waals surface area contributed by atoms with Crippen LogP contribution in [0.1, 0.15) is 35.3 Å². The van der Waals surface area contributed by atoms with E-state index in [1.165, 1.54) is 0 Å². The Bertz CT molecular complexity index is 1260. The van der Waals surface area contributed by atoms with Crippen molar-refractivity contribution in [1.82, 2.24) is 20.2 Å². The number of nitrogens with one attached hydrogen (secondary N) is 1. The van der Waals surface area contributed by atoms with E-state index in [1.807, 2.05) is 24.1 Å². The molecule has 3 N–H and O–H groups in total. The number of hydrazine groups is 1. The molecule has 3 aromatic rings. The Morgan fingerprint density at radius 2 is 1.83 bits per heavy atom. The molecule has 1 saturated heterocycles. The van der Waals surface area contributed by atoms with Crippen LogP contribution in [0.15, 0.2) is 42.5 Å². The summed E-state index contributed by atoms with van der Waals surface area (Å²) in [6.45, 7) is 2.63. The highest BCUT2D eigenvalue weighted by atomic mass is 35.5. The van der Waals surface area contributed by atoms with Crippen LogP contribution in [0.25, 0.3) is 16.9 Å². The van der Waals surface area contributed by atoms with Crippen molar-refractivity contribution < 1.29 is 14.3 Å². The fourth-order valence-electron chi connectivity index (χ4n) is 4.29. The molecule has 0 spiro atoms. The Labute approximate surface area is 224 Å². The number of halogens is 3. The second-order valence-electron chi connectivity index (χ2n) is 8.60. The summed E-state index contributed by atoms with van der Waals surface area (Å²) in [4.78, 5) is 24.5. The lowest BCUT2D eigenvalue weighted by Gasteiger charge is -2.35. The number of carbonyl (C=O) groups is 2. The quantitative estimate of drug-likeness (QED) is 0.419. The second-order valence-corrected chi connectivity index (χ2v) is 9.88. The van der Waals surface area contributed by atoms with Crippen molar-refractivity contribution in [1.29, 1.82) is 0 Å². The van der Waals surface area contributed by atoms with Gasteiger partial charge in [-0.1, -0.05) is 53.4 Å². The van der Waals surface area contributed by atoms with Gasteiger partial charge >= 0.3 is 0 Å². The molecule has 0 radical (unpaired) electrons. The third kappa shape index (κ3) is 6.02. The number of rotatable bonds is 8. The molecular formula is C25H26Cl3N5O3. The number of aromatic nitrogens is 2. The van der Waals surface area contributed by atoms with Crippen molar-refractivity contribution in [3.8, 4) is 16.9 Å². The summed E-state index contributed by atoms with van der Waals surface area (Å²) < 4.78 is 7.07. The van der Waals surface area contributed by atoms with Gasteiger partial charge < -0.3 is 10.5 Å². The van der Waals surface area contributed by atoms with Crippen molar-refractivity contribution in [3.63, 3.8) is 0 Å². The number of hydrogen-bond donors (Lipinski definition) is 2. The molecule has 1 unspecified atom stereocenters. The Balaban J connectivity index is 1.67. The minimum atomic E-state index is -0.529. The van der Waals surface area contributed by atoms with Crippen molar-refractivity contribution in [2.24, 2.45) is 5.73 Å². The third-order valence-corrected chi connectivity index (χ3v) is 6.81. The van der Waals surface area contributed by atoms with Crippen LogP contribution in [0.5, 0.6) is 0 Å². The summed E-state index contributed by atoms with van der Waals surface area (Å²) in [5.41, 5.74) is 11.2. The van der Waals surface area contributed by atoms with Crippen LogP contribution in [0, 0.1) is 6.92 Å². The van der Waals surface area contributed by atoms with Gasteiger partial charge in [0.15, 0.2) is 5.69 Å². The molecule has 1 fully saturated rings. The molecule has 2 heterocycles. The topological polar surface area (TPSA) is 102 Å². The third-order valence-electron chi connectivity index (χ3n) is 6.02. The molecule has 2 amide bonds. The van der Waals surface area contributed by atoms with Gasteiger partial charge in [-0.25, -0.2) is 9.69 Å². The highest BCUT2D eigenvalue weighted by Gasteiger charge is 2.28. The van der Waals surface area contributed by atoms with Crippen LogP contribution in [-0.2, 0) is 9.53 Å². The molecule has 36 heavy (non-hydrogen) atoms. The van der Waals surface area contributed by atoms with E-state index in [0.717, 1.165) is 24.8 Å². The summed E-state index contributed by atoms with van der Waals surface area (Å²) in [6.07, 6.45) is 2.75. The van der Waals surface area contributed by atoms with Gasteiger partial charge in [0, 0.05) is 27.7 Å². The first-order valence-electron chi connectivity index (χ1n) is 11.5. The van der Waals surface area contributed by atoms with Gasteiger partial charge in [0.25, 0.3) is 5.91 Å². The van der Waals surface area contributed by atoms with E-state index >= 15 is 0 Å². The zero-order valence-corrected chi connectivity index (χ0v) is 21.9. The SMILES string of the molecule is Cc1c(C(=O)NN2CCCCC2COCC(N)=O)nn(-c2ccc(Cl)cc2Cl)c1-c1ccc(Cl)cc1. The van der Waals surface area contributed by atoms with E-state index < -0.39 is 5.91 Å². The summed E-state index contributed by atoms with van der Waals surface area (Å²) in [5, 5.41) is 8.01. The molecule has 0 saturated carbocycles. The number of benzene rings is 2. The molecule has 0 aliphatic carbocycles. The minimum absolute atomic E-state index is 0.0779. The first-order chi connectivity index (χ1) is 17.2. The lowest BCUT2D eigenvalue weighted by Crippen LogP contribution is -2.53. The summed E-state index contributed by atoms with van der Waals surface area (Å²) >= 11 is 18.7. The fraction of sp³-hybridized carbons (Fsp3) is 0.320. The number of carbonyl (C=O) groups excluding carboxylic acids is 2. The second kappa shape index (κ2) is 11.6. The monoisotopic (exact) mass is 549 g/mol. The van der Waals surface area contributed by atoms with E-state index in [-0.39, 0.29) is 30.9 Å². The molecule has 1 aromatic heterocycles. The van der Waals surface area contributed by atoms with Crippen molar-refractivity contribution in [2.75, 3.05) is 19.8 Å². The molecule has 11 heteroatoms. The van der Waals surface area contributed by atoms with Crippen molar-refractivity contribution >= 4 is 46.6 Å². The standard InChI is InChI=1S/C25H26Cl3N5O3/c1-15-23(25(35)31-32-11-3-2-4-19(32)13-36-14-22(29)34)30-33(21-10-9-18(27)12-20(21)28)24(15)16-5-7-17(26)8-6-16/h5-10,12,19H,2-4,11,13-14H2,1H3,(H2,29,34)(H,31,35). The molecule has 2 aromatic carbocycles. The van der Waals surface area contributed by atoms with Crippen LogP contribution >= 0.6 is 34.8 Å². The maximum Gasteiger partial charge on any atom is 0.286 e. The first kappa shape index (κ1) is 26.4. The zero-order chi connectivity index (χ0) is 25.8. The molecule has 8 nitrogen and oxygen atoms in total. The largest absolute Gasteiger partial charge is 0.370 e. The molecule has 190 valence electrons. The van der Waals surface area contributed by atoms with E-state index in [9.17, 15) is 9.59 Å². The fourth-order valence-corrected chi connectivity index (χ4v) is 4.90. The van der Waals surface area contributed by atoms with Crippen molar-refractivity contribution in [3.05, 3.63) is 68.8 Å². The number of nitrogens with zero attached hydrogens (tertiary/aromatic N) is 3. The van der Waals surface area contributed by atoms with Gasteiger partial charge in [-0.05, 0) is 50.1 Å².